The molecule has 3 rings (SSSR count). The van der Waals surface area contributed by atoms with E-state index >= 15 is 0 Å². The molecule has 0 aliphatic heterocycles. The van der Waals surface area contributed by atoms with Gasteiger partial charge in [-0.15, -0.1) is 0 Å². The number of rotatable bonds is 5. The highest BCUT2D eigenvalue weighted by atomic mass is 16.6. The van der Waals surface area contributed by atoms with Crippen molar-refractivity contribution in [3.05, 3.63) is 57.9 Å². The molecule has 8 nitrogen and oxygen atoms in total. The van der Waals surface area contributed by atoms with Crippen molar-refractivity contribution in [2.75, 3.05) is 14.2 Å². The Balaban J connectivity index is 2.21. The Bertz CT molecular complexity index is 1110. The summed E-state index contributed by atoms with van der Waals surface area (Å²) in [6, 6.07) is 12.4. The largest absolute Gasteiger partial charge is 0.496 e. The van der Waals surface area contributed by atoms with Crippen molar-refractivity contribution in [1.29, 1.82) is 5.26 Å². The highest BCUT2D eigenvalue weighted by Crippen LogP contribution is 2.36. The molecule has 136 valence electrons. The Morgan fingerprint density at radius 1 is 1.26 bits per heavy atom. The Morgan fingerprint density at radius 3 is 2.56 bits per heavy atom. The fourth-order valence-corrected chi connectivity index (χ4v) is 2.85. The summed E-state index contributed by atoms with van der Waals surface area (Å²) in [5.74, 6) is 0.887. The number of benzene rings is 2. The van der Waals surface area contributed by atoms with Gasteiger partial charge in [0.15, 0.2) is 5.82 Å². The Morgan fingerprint density at radius 2 is 1.96 bits per heavy atom. The number of imidazole rings is 1. The zero-order chi connectivity index (χ0) is 19.6. The molecule has 0 unspecified atom stereocenters. The molecule has 8 heteroatoms. The number of hydrogen-bond acceptors (Lipinski definition) is 6. The van der Waals surface area contributed by atoms with Gasteiger partial charge in [-0.2, -0.15) is 5.26 Å². The third-order valence-corrected chi connectivity index (χ3v) is 4.18. The lowest BCUT2D eigenvalue weighted by atomic mass is 10.1. The van der Waals surface area contributed by atoms with Crippen LogP contribution in [0.5, 0.6) is 11.5 Å². The van der Waals surface area contributed by atoms with E-state index in [9.17, 15) is 15.4 Å². The minimum atomic E-state index is -0.545. The summed E-state index contributed by atoms with van der Waals surface area (Å²) >= 11 is 0. The number of aryl methyl sites for hydroxylation is 1. The van der Waals surface area contributed by atoms with Crippen LogP contribution in [-0.4, -0.2) is 28.7 Å². The predicted octanol–water partition coefficient (Wildman–Crippen LogP) is 3.56. The van der Waals surface area contributed by atoms with Gasteiger partial charge in [-0.05, 0) is 18.2 Å². The summed E-state index contributed by atoms with van der Waals surface area (Å²) in [7, 11) is 4.60. The van der Waals surface area contributed by atoms with Crippen LogP contribution < -0.4 is 9.47 Å². The van der Waals surface area contributed by atoms with Gasteiger partial charge in [0, 0.05) is 24.7 Å². The van der Waals surface area contributed by atoms with Crippen LogP contribution in [-0.2, 0) is 7.05 Å². The molecule has 0 spiro atoms. The summed E-state index contributed by atoms with van der Waals surface area (Å²) < 4.78 is 12.2. The molecule has 0 N–H and O–H groups in total. The number of para-hydroxylation sites is 2. The highest BCUT2D eigenvalue weighted by molar-refractivity contribution is 5.92. The van der Waals surface area contributed by atoms with Crippen molar-refractivity contribution in [2.24, 2.45) is 7.05 Å². The van der Waals surface area contributed by atoms with Gasteiger partial charge in [0.2, 0.25) is 5.75 Å². The van der Waals surface area contributed by atoms with Gasteiger partial charge in [-0.1, -0.05) is 12.1 Å². The van der Waals surface area contributed by atoms with Crippen LogP contribution in [0.2, 0.25) is 0 Å². The maximum Gasteiger partial charge on any atom is 0.311 e. The van der Waals surface area contributed by atoms with E-state index in [2.05, 4.69) is 11.1 Å². The summed E-state index contributed by atoms with van der Waals surface area (Å²) in [6.07, 6.45) is 1.52. The van der Waals surface area contributed by atoms with E-state index in [1.807, 2.05) is 31.3 Å². The van der Waals surface area contributed by atoms with Gasteiger partial charge in [0.05, 0.1) is 35.7 Å². The monoisotopic (exact) mass is 364 g/mol. The minimum absolute atomic E-state index is 0.0789. The first kappa shape index (κ1) is 17.9. The second kappa shape index (κ2) is 7.17. The van der Waals surface area contributed by atoms with Crippen LogP contribution in [0, 0.1) is 21.4 Å². The molecular weight excluding hydrogens is 348 g/mol. The number of nitro groups is 1. The van der Waals surface area contributed by atoms with Crippen molar-refractivity contribution in [3.63, 3.8) is 0 Å². The third-order valence-electron chi connectivity index (χ3n) is 4.18. The fraction of sp³-hybridized carbons (Fsp3) is 0.158. The van der Waals surface area contributed by atoms with Gasteiger partial charge in [-0.3, -0.25) is 10.1 Å². The van der Waals surface area contributed by atoms with Crippen LogP contribution in [0.3, 0.4) is 0 Å². The minimum Gasteiger partial charge on any atom is -0.496 e. The van der Waals surface area contributed by atoms with Crippen molar-refractivity contribution in [2.45, 2.75) is 0 Å². The topological polar surface area (TPSA) is 103 Å². The van der Waals surface area contributed by atoms with Crippen molar-refractivity contribution in [1.82, 2.24) is 9.55 Å². The molecule has 0 fully saturated rings. The number of nitro benzene ring substituents is 1. The lowest BCUT2D eigenvalue weighted by molar-refractivity contribution is -0.385. The van der Waals surface area contributed by atoms with Crippen LogP contribution >= 0.6 is 0 Å². The van der Waals surface area contributed by atoms with Gasteiger partial charge >= 0.3 is 5.69 Å². The number of methoxy groups -OCH3 is 2. The average Bonchev–Trinajstić information content (AvgIpc) is 3.02. The van der Waals surface area contributed by atoms with Crippen LogP contribution in [0.1, 0.15) is 11.4 Å². The molecule has 0 amide bonds. The van der Waals surface area contributed by atoms with E-state index in [1.54, 1.807) is 4.57 Å². The fourth-order valence-electron chi connectivity index (χ4n) is 2.85. The average molecular weight is 364 g/mol. The second-order valence-electron chi connectivity index (χ2n) is 5.68. The number of ether oxygens (including phenoxy) is 2. The first-order valence-electron chi connectivity index (χ1n) is 7.94. The molecule has 0 atom stereocenters. The van der Waals surface area contributed by atoms with Gasteiger partial charge in [-0.25, -0.2) is 4.98 Å². The summed E-state index contributed by atoms with van der Waals surface area (Å²) in [5.41, 5.74) is 2.05. The maximum absolute atomic E-state index is 11.3. The quantitative estimate of drug-likeness (QED) is 0.389. The molecule has 3 aromatic rings. The summed E-state index contributed by atoms with van der Waals surface area (Å²) in [5, 5.41) is 21.0. The predicted molar refractivity (Wildman–Crippen MR) is 100 cm³/mol. The molecule has 0 saturated heterocycles. The first-order chi connectivity index (χ1) is 13.0. The Hall–Kier alpha value is -3.86. The van der Waals surface area contributed by atoms with Crippen LogP contribution in [0.25, 0.3) is 22.7 Å². The first-order valence-corrected chi connectivity index (χ1v) is 7.94. The standard InChI is InChI=1S/C19H16N4O4/c1-22-15-7-5-4-6-14(15)21-19(22)13(11-20)8-12-9-16(23(24)25)18(27-3)10-17(12)26-2/h4-10H,1-3H3/b13-8-. The van der Waals surface area contributed by atoms with Crippen molar-refractivity contribution >= 4 is 28.4 Å². The smallest absolute Gasteiger partial charge is 0.311 e. The third kappa shape index (κ3) is 3.18. The Kier molecular flexibility index (Phi) is 4.77. The van der Waals surface area contributed by atoms with Crippen molar-refractivity contribution in [3.8, 4) is 17.6 Å². The molecule has 0 bridgehead atoms. The molecule has 2 aromatic carbocycles. The number of aromatic nitrogens is 2. The highest BCUT2D eigenvalue weighted by Gasteiger charge is 2.20. The SMILES string of the molecule is COc1cc(OC)c([N+](=O)[O-])cc1/C=C(/C#N)c1nc2ccccc2n1C. The molecule has 0 radical (unpaired) electrons. The van der Waals surface area contributed by atoms with Crippen LogP contribution in [0.4, 0.5) is 5.69 Å². The zero-order valence-electron chi connectivity index (χ0n) is 15.0. The number of allylic oxidation sites excluding steroid dienone is 1. The van der Waals surface area contributed by atoms with Crippen molar-refractivity contribution < 1.29 is 14.4 Å². The molecular formula is C19H16N4O4. The Labute approximate surface area is 155 Å². The lowest BCUT2D eigenvalue weighted by Crippen LogP contribution is -1.99. The summed E-state index contributed by atoms with van der Waals surface area (Å²) in [4.78, 5) is 15.3. The normalized spacial score (nSPS) is 11.3. The van der Waals surface area contributed by atoms with E-state index in [0.29, 0.717) is 17.1 Å². The molecule has 0 aliphatic carbocycles. The zero-order valence-corrected chi connectivity index (χ0v) is 15.0. The van der Waals surface area contributed by atoms with E-state index in [1.165, 1.54) is 32.4 Å². The van der Waals surface area contributed by atoms with Crippen LogP contribution in [0.15, 0.2) is 36.4 Å². The number of nitriles is 1. The van der Waals surface area contributed by atoms with Gasteiger partial charge in [0.25, 0.3) is 0 Å². The van der Waals surface area contributed by atoms with E-state index in [0.717, 1.165) is 11.0 Å². The molecule has 0 saturated carbocycles. The van der Waals surface area contributed by atoms with E-state index < -0.39 is 4.92 Å². The molecule has 27 heavy (non-hydrogen) atoms. The number of nitrogens with zero attached hydrogens (tertiary/aromatic N) is 4. The number of fused-ring (bicyclic) bond motifs is 1. The maximum atomic E-state index is 11.3. The van der Waals surface area contributed by atoms with E-state index in [4.69, 9.17) is 9.47 Å². The molecule has 1 aromatic heterocycles. The van der Waals surface area contributed by atoms with E-state index in [-0.39, 0.29) is 17.0 Å². The molecule has 0 aliphatic rings. The number of hydrogen-bond donors (Lipinski definition) is 0. The second-order valence-corrected chi connectivity index (χ2v) is 5.68. The summed E-state index contributed by atoms with van der Waals surface area (Å²) in [6.45, 7) is 0. The van der Waals surface area contributed by atoms with Gasteiger partial charge in [0.1, 0.15) is 11.8 Å². The van der Waals surface area contributed by atoms with Gasteiger partial charge < -0.3 is 14.0 Å². The molecule has 1 heterocycles. The lowest BCUT2D eigenvalue weighted by Gasteiger charge is -2.09.